The van der Waals surface area contributed by atoms with Gasteiger partial charge < -0.3 is 14.9 Å². The van der Waals surface area contributed by atoms with E-state index >= 15 is 0 Å². The Kier molecular flexibility index (Phi) is 17.4. The van der Waals surface area contributed by atoms with Crippen LogP contribution < -0.4 is 0 Å². The molecule has 0 aromatic carbocycles. The summed E-state index contributed by atoms with van der Waals surface area (Å²) >= 11 is 0. The number of esters is 1. The highest BCUT2D eigenvalue weighted by atomic mass is 16.5. The van der Waals surface area contributed by atoms with Crippen LogP contribution in [0.3, 0.4) is 0 Å². The lowest BCUT2D eigenvalue weighted by molar-refractivity contribution is -0.139. The Morgan fingerprint density at radius 3 is 1.96 bits per heavy atom. The third-order valence-electron chi connectivity index (χ3n) is 4.26. The molecule has 0 aromatic rings. The van der Waals surface area contributed by atoms with Crippen molar-refractivity contribution in [2.24, 2.45) is 0 Å². The zero-order chi connectivity index (χ0) is 19.5. The maximum absolute atomic E-state index is 11.3. The molecule has 0 aliphatic heterocycles. The molecule has 0 rings (SSSR count). The fourth-order valence-electron chi connectivity index (χ4n) is 2.76. The van der Waals surface area contributed by atoms with Crippen molar-refractivity contribution in [3.05, 3.63) is 12.2 Å². The van der Waals surface area contributed by atoms with E-state index < -0.39 is 11.9 Å². The fraction of sp³-hybridized carbons (Fsp3) is 0.800. The van der Waals surface area contributed by atoms with E-state index in [9.17, 15) is 9.59 Å². The smallest absolute Gasteiger partial charge is 0.331 e. The summed E-state index contributed by atoms with van der Waals surface area (Å²) in [6.45, 7) is 4.48. The minimum atomic E-state index is -1.18. The Balaban J connectivity index is 3.67. The molecule has 0 heterocycles. The van der Waals surface area contributed by atoms with E-state index in [4.69, 9.17) is 14.9 Å². The van der Waals surface area contributed by atoms with Crippen LogP contribution in [0.2, 0.25) is 0 Å². The second kappa shape index (κ2) is 18.4. The van der Waals surface area contributed by atoms with E-state index in [0.29, 0.717) is 13.1 Å². The highest BCUT2D eigenvalue weighted by molar-refractivity contribution is 5.90. The molecule has 152 valence electrons. The van der Waals surface area contributed by atoms with E-state index in [0.717, 1.165) is 25.1 Å². The van der Waals surface area contributed by atoms with Crippen LogP contribution in [0.1, 0.15) is 71.1 Å². The van der Waals surface area contributed by atoms with E-state index in [1.807, 2.05) is 0 Å². The third kappa shape index (κ3) is 17.4. The lowest BCUT2D eigenvalue weighted by Gasteiger charge is -2.20. The number of aliphatic carboxylic acids is 1. The molecule has 0 amide bonds. The van der Waals surface area contributed by atoms with Crippen LogP contribution >= 0.6 is 0 Å². The van der Waals surface area contributed by atoms with Gasteiger partial charge in [-0.05, 0) is 13.0 Å². The first kappa shape index (κ1) is 24.6. The van der Waals surface area contributed by atoms with Crippen molar-refractivity contribution in [3.8, 4) is 0 Å². The second-order valence-electron chi connectivity index (χ2n) is 6.59. The predicted octanol–water partition coefficient (Wildman–Crippen LogP) is 3.39. The van der Waals surface area contributed by atoms with Crippen LogP contribution in [0.5, 0.6) is 0 Å². The van der Waals surface area contributed by atoms with E-state index in [-0.39, 0.29) is 13.2 Å². The lowest BCUT2D eigenvalue weighted by atomic mass is 10.1. The van der Waals surface area contributed by atoms with Gasteiger partial charge in [0.25, 0.3) is 0 Å². The number of carboxylic acids is 1. The molecular weight excluding hydrogens is 334 g/mol. The highest BCUT2D eigenvalue weighted by Gasteiger charge is 2.06. The van der Waals surface area contributed by atoms with E-state index in [1.54, 1.807) is 0 Å². The molecule has 0 saturated heterocycles. The van der Waals surface area contributed by atoms with E-state index in [2.05, 4.69) is 11.8 Å². The summed E-state index contributed by atoms with van der Waals surface area (Å²) in [4.78, 5) is 23.7. The highest BCUT2D eigenvalue weighted by Crippen LogP contribution is 2.10. The molecule has 6 nitrogen and oxygen atoms in total. The van der Waals surface area contributed by atoms with Crippen LogP contribution in [0, 0.1) is 0 Å². The Morgan fingerprint density at radius 1 is 0.846 bits per heavy atom. The standard InChI is InChI=1S/C20H37NO5/c1-2-3-4-5-6-7-8-9-10-11-14-21(15-17-22)16-18-26-20(25)13-12-19(23)24/h12-13,22H,2-11,14-18H2,1H3,(H,23,24). The Morgan fingerprint density at radius 2 is 1.42 bits per heavy atom. The van der Waals surface area contributed by atoms with Gasteiger partial charge in [-0.3, -0.25) is 4.90 Å². The number of carboxylic acid groups (broad SMARTS) is 1. The van der Waals surface area contributed by atoms with Crippen LogP contribution in [0.25, 0.3) is 0 Å². The lowest BCUT2D eigenvalue weighted by Crippen LogP contribution is -2.31. The summed E-state index contributed by atoms with van der Waals surface area (Å²) in [5, 5.41) is 17.6. The number of ether oxygens (including phenoxy) is 1. The molecule has 0 aromatic heterocycles. The van der Waals surface area contributed by atoms with Crippen molar-refractivity contribution in [3.63, 3.8) is 0 Å². The molecule has 0 saturated carbocycles. The van der Waals surface area contributed by atoms with Crippen molar-refractivity contribution in [2.45, 2.75) is 71.1 Å². The van der Waals surface area contributed by atoms with Gasteiger partial charge in [0.1, 0.15) is 6.61 Å². The number of carbonyl (C=O) groups is 2. The van der Waals surface area contributed by atoms with Gasteiger partial charge in [0, 0.05) is 25.2 Å². The van der Waals surface area contributed by atoms with Gasteiger partial charge in [-0.25, -0.2) is 9.59 Å². The van der Waals surface area contributed by atoms with Gasteiger partial charge in [-0.15, -0.1) is 0 Å². The zero-order valence-electron chi connectivity index (χ0n) is 16.3. The number of rotatable bonds is 18. The van der Waals surface area contributed by atoms with Crippen molar-refractivity contribution < 1.29 is 24.5 Å². The zero-order valence-corrected chi connectivity index (χ0v) is 16.3. The molecule has 2 N–H and O–H groups in total. The van der Waals surface area contributed by atoms with Gasteiger partial charge >= 0.3 is 11.9 Å². The molecule has 0 spiro atoms. The summed E-state index contributed by atoms with van der Waals surface area (Å²) in [7, 11) is 0. The summed E-state index contributed by atoms with van der Waals surface area (Å²) < 4.78 is 4.96. The molecule has 0 bridgehead atoms. The van der Waals surface area contributed by atoms with Crippen LogP contribution in [0.15, 0.2) is 12.2 Å². The predicted molar refractivity (Wildman–Crippen MR) is 103 cm³/mol. The number of nitrogens with zero attached hydrogens (tertiary/aromatic N) is 1. The van der Waals surface area contributed by atoms with Crippen molar-refractivity contribution in [1.82, 2.24) is 4.90 Å². The maximum Gasteiger partial charge on any atom is 0.331 e. The molecule has 0 aliphatic rings. The Bertz CT molecular complexity index is 384. The normalized spacial score (nSPS) is 11.3. The van der Waals surface area contributed by atoms with Crippen molar-refractivity contribution >= 4 is 11.9 Å². The molecule has 26 heavy (non-hydrogen) atoms. The van der Waals surface area contributed by atoms with Crippen LogP contribution in [-0.2, 0) is 14.3 Å². The quantitative estimate of drug-likeness (QED) is 0.218. The Hall–Kier alpha value is -1.40. The van der Waals surface area contributed by atoms with Crippen LogP contribution in [0.4, 0.5) is 0 Å². The number of carbonyl (C=O) groups excluding carboxylic acids is 1. The van der Waals surface area contributed by atoms with Gasteiger partial charge in [0.05, 0.1) is 6.61 Å². The summed E-state index contributed by atoms with van der Waals surface area (Å²) in [5.74, 6) is -1.83. The summed E-state index contributed by atoms with van der Waals surface area (Å²) in [5.41, 5.74) is 0. The summed E-state index contributed by atoms with van der Waals surface area (Å²) in [6.07, 6.45) is 14.5. The first-order valence-corrected chi connectivity index (χ1v) is 10.0. The minimum absolute atomic E-state index is 0.0740. The average Bonchev–Trinajstić information content (AvgIpc) is 2.61. The molecule has 0 atom stereocenters. The maximum atomic E-state index is 11.3. The van der Waals surface area contributed by atoms with Gasteiger partial charge in [-0.1, -0.05) is 64.7 Å². The van der Waals surface area contributed by atoms with E-state index in [1.165, 1.54) is 57.8 Å². The monoisotopic (exact) mass is 371 g/mol. The molecule has 6 heteroatoms. The number of aliphatic hydroxyl groups is 1. The number of unbranched alkanes of at least 4 members (excludes halogenated alkanes) is 9. The molecule has 0 aliphatic carbocycles. The molecular formula is C20H37NO5. The van der Waals surface area contributed by atoms with Crippen molar-refractivity contribution in [2.75, 3.05) is 32.8 Å². The van der Waals surface area contributed by atoms with Crippen LogP contribution in [-0.4, -0.2) is 59.9 Å². The molecule has 0 unspecified atom stereocenters. The number of hydrogen-bond donors (Lipinski definition) is 2. The Labute approximate surface area is 158 Å². The SMILES string of the molecule is CCCCCCCCCCCCN(CCO)CCOC(=O)C=CC(=O)O. The average molecular weight is 372 g/mol. The fourth-order valence-corrected chi connectivity index (χ4v) is 2.76. The first-order valence-electron chi connectivity index (χ1n) is 10.0. The van der Waals surface area contributed by atoms with Crippen molar-refractivity contribution in [1.29, 1.82) is 0 Å². The minimum Gasteiger partial charge on any atom is -0.478 e. The van der Waals surface area contributed by atoms with Gasteiger partial charge in [0.15, 0.2) is 0 Å². The van der Waals surface area contributed by atoms with Gasteiger partial charge in [-0.2, -0.15) is 0 Å². The molecule has 0 radical (unpaired) electrons. The van der Waals surface area contributed by atoms with Gasteiger partial charge in [0.2, 0.25) is 0 Å². The second-order valence-corrected chi connectivity index (χ2v) is 6.59. The first-order chi connectivity index (χ1) is 12.6. The largest absolute Gasteiger partial charge is 0.478 e. The number of hydrogen-bond acceptors (Lipinski definition) is 5. The summed E-state index contributed by atoms with van der Waals surface area (Å²) in [6, 6.07) is 0. The topological polar surface area (TPSA) is 87.1 Å². The molecule has 0 fully saturated rings. The third-order valence-corrected chi connectivity index (χ3v) is 4.26. The number of aliphatic hydroxyl groups excluding tert-OH is 1.